The predicted molar refractivity (Wildman–Crippen MR) is 101 cm³/mol. The highest BCUT2D eigenvalue weighted by Crippen LogP contribution is 2.19. The van der Waals surface area contributed by atoms with Crippen LogP contribution in [0.1, 0.15) is 25.8 Å². The van der Waals surface area contributed by atoms with Gasteiger partial charge in [-0.05, 0) is 46.5 Å². The lowest BCUT2D eigenvalue weighted by Crippen LogP contribution is -2.31. The Bertz CT molecular complexity index is 598. The lowest BCUT2D eigenvalue weighted by Gasteiger charge is -2.28. The molecule has 5 nitrogen and oxygen atoms in total. The third-order valence-corrected chi connectivity index (χ3v) is 3.85. The third kappa shape index (κ3) is 5.81. The van der Waals surface area contributed by atoms with Gasteiger partial charge in [-0.1, -0.05) is 30.3 Å². The van der Waals surface area contributed by atoms with Crippen molar-refractivity contribution < 1.29 is 0 Å². The minimum atomic E-state index is 0.363. The fraction of sp³-hybridized carbons (Fsp3) is 0.474. The van der Waals surface area contributed by atoms with Crippen molar-refractivity contribution >= 4 is 11.6 Å². The van der Waals surface area contributed by atoms with Crippen LogP contribution in [0.2, 0.25) is 0 Å². The molecule has 24 heavy (non-hydrogen) atoms. The van der Waals surface area contributed by atoms with Crippen LogP contribution in [-0.2, 0) is 6.54 Å². The molecule has 1 aromatic carbocycles. The Balaban J connectivity index is 2.03. The largest absolute Gasteiger partial charge is 0.370 e. The molecule has 0 saturated carbocycles. The summed E-state index contributed by atoms with van der Waals surface area (Å²) in [7, 11) is 4.18. The van der Waals surface area contributed by atoms with Crippen LogP contribution < -0.4 is 10.2 Å². The molecule has 130 valence electrons. The second-order valence-electron chi connectivity index (χ2n) is 6.55. The summed E-state index contributed by atoms with van der Waals surface area (Å²) >= 11 is 0. The zero-order valence-corrected chi connectivity index (χ0v) is 15.2. The van der Waals surface area contributed by atoms with Crippen LogP contribution in [-0.4, -0.2) is 48.1 Å². The fourth-order valence-electron chi connectivity index (χ4n) is 2.52. The molecule has 0 aliphatic rings. The molecule has 0 fully saturated rings. The van der Waals surface area contributed by atoms with Gasteiger partial charge in [0.1, 0.15) is 18.0 Å². The van der Waals surface area contributed by atoms with Gasteiger partial charge in [-0.2, -0.15) is 0 Å². The van der Waals surface area contributed by atoms with Gasteiger partial charge in [0, 0.05) is 25.2 Å². The molecule has 2 aromatic rings. The van der Waals surface area contributed by atoms with Crippen molar-refractivity contribution in [1.82, 2.24) is 14.9 Å². The van der Waals surface area contributed by atoms with Gasteiger partial charge in [0.2, 0.25) is 0 Å². The summed E-state index contributed by atoms with van der Waals surface area (Å²) in [5.74, 6) is 1.84. The van der Waals surface area contributed by atoms with Gasteiger partial charge in [0.25, 0.3) is 0 Å². The highest BCUT2D eigenvalue weighted by molar-refractivity contribution is 5.49. The second-order valence-corrected chi connectivity index (χ2v) is 6.55. The average molecular weight is 327 g/mol. The van der Waals surface area contributed by atoms with E-state index in [4.69, 9.17) is 0 Å². The van der Waals surface area contributed by atoms with E-state index in [1.807, 2.05) is 12.1 Å². The van der Waals surface area contributed by atoms with Crippen molar-refractivity contribution in [1.29, 1.82) is 0 Å². The molecule has 0 atom stereocenters. The van der Waals surface area contributed by atoms with Crippen LogP contribution >= 0.6 is 0 Å². The number of nitrogens with zero attached hydrogens (tertiary/aromatic N) is 4. The zero-order valence-electron chi connectivity index (χ0n) is 15.2. The number of rotatable bonds is 9. The Kier molecular flexibility index (Phi) is 7.00. The molecule has 0 amide bonds. The van der Waals surface area contributed by atoms with E-state index >= 15 is 0 Å². The van der Waals surface area contributed by atoms with Crippen molar-refractivity contribution in [3.05, 3.63) is 48.3 Å². The first-order valence-corrected chi connectivity index (χ1v) is 8.57. The maximum Gasteiger partial charge on any atom is 0.134 e. The van der Waals surface area contributed by atoms with Gasteiger partial charge in [-0.15, -0.1) is 0 Å². The Hall–Kier alpha value is -2.14. The molecule has 0 aliphatic heterocycles. The van der Waals surface area contributed by atoms with Crippen molar-refractivity contribution in [2.45, 2.75) is 32.9 Å². The SMILES string of the molecule is CC(C)N(Cc1ccccc1)c1cc(NCCCN(C)C)ncn1. The molecule has 0 saturated heterocycles. The molecule has 0 bridgehead atoms. The molecule has 1 heterocycles. The summed E-state index contributed by atoms with van der Waals surface area (Å²) in [5.41, 5.74) is 1.28. The quantitative estimate of drug-likeness (QED) is 0.716. The molecular formula is C19H29N5. The Morgan fingerprint density at radius 1 is 1.08 bits per heavy atom. The lowest BCUT2D eigenvalue weighted by atomic mass is 10.2. The van der Waals surface area contributed by atoms with Gasteiger partial charge < -0.3 is 15.1 Å². The minimum Gasteiger partial charge on any atom is -0.370 e. The highest BCUT2D eigenvalue weighted by Gasteiger charge is 2.13. The number of hydrogen-bond donors (Lipinski definition) is 1. The van der Waals surface area contributed by atoms with E-state index in [1.54, 1.807) is 6.33 Å². The van der Waals surface area contributed by atoms with E-state index in [9.17, 15) is 0 Å². The first-order valence-electron chi connectivity index (χ1n) is 8.57. The van der Waals surface area contributed by atoms with Crippen LogP contribution in [0.25, 0.3) is 0 Å². The van der Waals surface area contributed by atoms with E-state index in [-0.39, 0.29) is 0 Å². The number of hydrogen-bond acceptors (Lipinski definition) is 5. The van der Waals surface area contributed by atoms with E-state index in [2.05, 4.69) is 77.3 Å². The maximum absolute atomic E-state index is 4.48. The second kappa shape index (κ2) is 9.23. The molecule has 5 heteroatoms. The molecule has 0 radical (unpaired) electrons. The molecule has 0 unspecified atom stereocenters. The van der Waals surface area contributed by atoms with Gasteiger partial charge in [-0.25, -0.2) is 9.97 Å². The smallest absolute Gasteiger partial charge is 0.134 e. The summed E-state index contributed by atoms with van der Waals surface area (Å²) in [6.07, 6.45) is 2.73. The first-order chi connectivity index (χ1) is 11.6. The molecule has 1 N–H and O–H groups in total. The average Bonchev–Trinajstić information content (AvgIpc) is 2.57. The molecule has 0 aliphatic carbocycles. The van der Waals surface area contributed by atoms with Crippen LogP contribution in [0.4, 0.5) is 11.6 Å². The zero-order chi connectivity index (χ0) is 17.4. The standard InChI is InChI=1S/C19H29N5/c1-16(2)24(14-17-9-6-5-7-10-17)19-13-18(21-15-22-19)20-11-8-12-23(3)4/h5-7,9-10,13,15-16H,8,11-12,14H2,1-4H3,(H,20,21,22). The molecular weight excluding hydrogens is 298 g/mol. The van der Waals surface area contributed by atoms with Crippen LogP contribution in [0.3, 0.4) is 0 Å². The Labute approximate surface area is 145 Å². The van der Waals surface area contributed by atoms with Crippen LogP contribution in [0.15, 0.2) is 42.7 Å². The number of nitrogens with one attached hydrogen (secondary N) is 1. The van der Waals surface area contributed by atoms with Gasteiger partial charge in [-0.3, -0.25) is 0 Å². The first kappa shape index (κ1) is 18.2. The van der Waals surface area contributed by atoms with E-state index < -0.39 is 0 Å². The van der Waals surface area contributed by atoms with Crippen molar-refractivity contribution in [3.63, 3.8) is 0 Å². The van der Waals surface area contributed by atoms with Crippen LogP contribution in [0.5, 0.6) is 0 Å². The third-order valence-electron chi connectivity index (χ3n) is 3.85. The predicted octanol–water partition coefficient (Wildman–Crippen LogP) is 3.26. The Morgan fingerprint density at radius 2 is 1.83 bits per heavy atom. The monoisotopic (exact) mass is 327 g/mol. The molecule has 0 spiro atoms. The number of benzene rings is 1. The summed E-state index contributed by atoms with van der Waals surface area (Å²) < 4.78 is 0. The van der Waals surface area contributed by atoms with E-state index in [1.165, 1.54) is 5.56 Å². The van der Waals surface area contributed by atoms with Gasteiger partial charge in [0.15, 0.2) is 0 Å². The summed E-state index contributed by atoms with van der Waals surface area (Å²) in [6.45, 7) is 7.20. The van der Waals surface area contributed by atoms with Gasteiger partial charge >= 0.3 is 0 Å². The lowest BCUT2D eigenvalue weighted by molar-refractivity contribution is 0.405. The normalized spacial score (nSPS) is 11.1. The summed E-state index contributed by atoms with van der Waals surface area (Å²) in [5, 5.41) is 3.39. The van der Waals surface area contributed by atoms with Crippen molar-refractivity contribution in [2.24, 2.45) is 0 Å². The van der Waals surface area contributed by atoms with Crippen molar-refractivity contribution in [3.8, 4) is 0 Å². The number of aromatic nitrogens is 2. The number of anilines is 2. The Morgan fingerprint density at radius 3 is 2.50 bits per heavy atom. The summed E-state index contributed by atoms with van der Waals surface area (Å²) in [6, 6.07) is 12.9. The van der Waals surface area contributed by atoms with Crippen molar-refractivity contribution in [2.75, 3.05) is 37.4 Å². The molecule has 1 aromatic heterocycles. The van der Waals surface area contributed by atoms with E-state index in [0.717, 1.165) is 37.7 Å². The highest BCUT2D eigenvalue weighted by atomic mass is 15.2. The maximum atomic E-state index is 4.48. The summed E-state index contributed by atoms with van der Waals surface area (Å²) in [4.78, 5) is 13.3. The minimum absolute atomic E-state index is 0.363. The van der Waals surface area contributed by atoms with Gasteiger partial charge in [0.05, 0.1) is 0 Å². The van der Waals surface area contributed by atoms with Crippen LogP contribution in [0, 0.1) is 0 Å². The fourth-order valence-corrected chi connectivity index (χ4v) is 2.52. The molecule has 2 rings (SSSR count). The van der Waals surface area contributed by atoms with E-state index in [0.29, 0.717) is 6.04 Å². The topological polar surface area (TPSA) is 44.3 Å².